The van der Waals surface area contributed by atoms with E-state index in [1.165, 1.54) is 24.8 Å². The molecule has 3 heterocycles. The number of aromatic nitrogens is 1. The molecule has 0 spiro atoms. The van der Waals surface area contributed by atoms with Crippen LogP contribution in [0.1, 0.15) is 52.5 Å². The first-order valence-corrected chi connectivity index (χ1v) is 8.37. The van der Waals surface area contributed by atoms with Gasteiger partial charge in [0.2, 0.25) is 0 Å². The molecule has 0 aliphatic carbocycles. The van der Waals surface area contributed by atoms with Crippen molar-refractivity contribution in [1.29, 1.82) is 0 Å². The van der Waals surface area contributed by atoms with Crippen LogP contribution < -0.4 is 10.4 Å². The Morgan fingerprint density at radius 2 is 1.64 bits per heavy atom. The summed E-state index contributed by atoms with van der Waals surface area (Å²) in [7, 11) is -0.326. The van der Waals surface area contributed by atoms with Crippen molar-refractivity contribution in [3.8, 4) is 0 Å². The normalized spacial score (nSPS) is 23.9. The second-order valence-corrected chi connectivity index (χ2v) is 7.54. The second-order valence-electron chi connectivity index (χ2n) is 7.54. The lowest BCUT2D eigenvalue weighted by molar-refractivity contribution is 0.00578. The molecule has 2 fully saturated rings. The zero-order valence-electron chi connectivity index (χ0n) is 14.5. The fourth-order valence-electron chi connectivity index (χ4n) is 3.06. The third-order valence-corrected chi connectivity index (χ3v) is 5.32. The van der Waals surface area contributed by atoms with Crippen LogP contribution in [0.5, 0.6) is 0 Å². The lowest BCUT2D eigenvalue weighted by Gasteiger charge is -2.32. The van der Waals surface area contributed by atoms with Gasteiger partial charge in [0.05, 0.1) is 11.2 Å². The zero-order chi connectivity index (χ0) is 16.0. The Bertz CT molecular complexity index is 538. The van der Waals surface area contributed by atoms with E-state index < -0.39 is 0 Å². The first kappa shape index (κ1) is 15.8. The van der Waals surface area contributed by atoms with Gasteiger partial charge in [-0.3, -0.25) is 0 Å². The first-order valence-electron chi connectivity index (χ1n) is 8.37. The summed E-state index contributed by atoms with van der Waals surface area (Å²) in [5.74, 6) is 1.08. The molecule has 0 N–H and O–H groups in total. The molecule has 4 nitrogen and oxygen atoms in total. The highest BCUT2D eigenvalue weighted by atomic mass is 16.7. The standard InChI is InChI=1S/C17H27BN2O2/c1-13-11-15(20-9-7-6-8-10-20)19-12-14(13)18-21-16(2,3)17(4,5)22-18/h11-12H,6-10H2,1-5H3. The molecular weight excluding hydrogens is 275 g/mol. The Kier molecular flexibility index (Phi) is 3.98. The van der Waals surface area contributed by atoms with Gasteiger partial charge < -0.3 is 14.2 Å². The van der Waals surface area contributed by atoms with Crippen molar-refractivity contribution >= 4 is 18.4 Å². The average Bonchev–Trinajstić information content (AvgIpc) is 2.68. The predicted molar refractivity (Wildman–Crippen MR) is 90.8 cm³/mol. The maximum absolute atomic E-state index is 6.14. The molecule has 0 unspecified atom stereocenters. The minimum Gasteiger partial charge on any atom is -0.399 e. The van der Waals surface area contributed by atoms with Crippen LogP contribution in [0.2, 0.25) is 0 Å². The summed E-state index contributed by atoms with van der Waals surface area (Å²) < 4.78 is 12.3. The van der Waals surface area contributed by atoms with Crippen LogP contribution in [0, 0.1) is 6.92 Å². The first-order chi connectivity index (χ1) is 10.3. The highest BCUT2D eigenvalue weighted by Crippen LogP contribution is 2.36. The molecule has 0 radical (unpaired) electrons. The van der Waals surface area contributed by atoms with Crippen LogP contribution in [-0.4, -0.2) is 36.4 Å². The molecule has 5 heteroatoms. The van der Waals surface area contributed by atoms with Crippen molar-refractivity contribution in [1.82, 2.24) is 4.98 Å². The SMILES string of the molecule is Cc1cc(N2CCCCC2)ncc1B1OC(C)(C)C(C)(C)O1. The van der Waals surface area contributed by atoms with Gasteiger partial charge in [-0.2, -0.15) is 0 Å². The third kappa shape index (κ3) is 2.76. The molecule has 120 valence electrons. The highest BCUT2D eigenvalue weighted by Gasteiger charge is 2.52. The Labute approximate surface area is 134 Å². The van der Waals surface area contributed by atoms with Crippen LogP contribution in [0.3, 0.4) is 0 Å². The number of hydrogen-bond acceptors (Lipinski definition) is 4. The third-order valence-electron chi connectivity index (χ3n) is 5.32. The van der Waals surface area contributed by atoms with E-state index in [0.29, 0.717) is 0 Å². The van der Waals surface area contributed by atoms with Gasteiger partial charge >= 0.3 is 7.12 Å². The lowest BCUT2D eigenvalue weighted by Crippen LogP contribution is -2.41. The molecule has 1 aromatic heterocycles. The molecule has 1 aromatic rings. The van der Waals surface area contributed by atoms with Crippen molar-refractivity contribution in [2.24, 2.45) is 0 Å². The summed E-state index contributed by atoms with van der Waals surface area (Å²) in [5, 5.41) is 0. The quantitative estimate of drug-likeness (QED) is 0.787. The van der Waals surface area contributed by atoms with E-state index in [9.17, 15) is 0 Å². The fraction of sp³-hybridized carbons (Fsp3) is 0.706. The van der Waals surface area contributed by atoms with Crippen molar-refractivity contribution in [3.05, 3.63) is 17.8 Å². The number of pyridine rings is 1. The maximum atomic E-state index is 6.14. The Balaban J connectivity index is 1.81. The van der Waals surface area contributed by atoms with Gasteiger partial charge in [0.1, 0.15) is 5.82 Å². The van der Waals surface area contributed by atoms with E-state index in [4.69, 9.17) is 9.31 Å². The van der Waals surface area contributed by atoms with Gasteiger partial charge in [-0.25, -0.2) is 4.98 Å². The highest BCUT2D eigenvalue weighted by molar-refractivity contribution is 6.62. The summed E-state index contributed by atoms with van der Waals surface area (Å²) in [5.41, 5.74) is 1.61. The van der Waals surface area contributed by atoms with E-state index >= 15 is 0 Å². The lowest BCUT2D eigenvalue weighted by atomic mass is 9.77. The second kappa shape index (κ2) is 5.53. The van der Waals surface area contributed by atoms with Crippen molar-refractivity contribution in [3.63, 3.8) is 0 Å². The topological polar surface area (TPSA) is 34.6 Å². The summed E-state index contributed by atoms with van der Waals surface area (Å²) >= 11 is 0. The van der Waals surface area contributed by atoms with Crippen LogP contribution >= 0.6 is 0 Å². The van der Waals surface area contributed by atoms with E-state index in [0.717, 1.165) is 24.4 Å². The Hall–Kier alpha value is -1.07. The molecule has 22 heavy (non-hydrogen) atoms. The number of rotatable bonds is 2. The summed E-state index contributed by atoms with van der Waals surface area (Å²) in [6, 6.07) is 2.17. The molecule has 0 saturated carbocycles. The van der Waals surface area contributed by atoms with Gasteiger partial charge in [-0.1, -0.05) is 0 Å². The molecule has 2 saturated heterocycles. The van der Waals surface area contributed by atoms with Crippen LogP contribution in [0.15, 0.2) is 12.3 Å². The number of anilines is 1. The van der Waals surface area contributed by atoms with E-state index in [1.54, 1.807) is 0 Å². The monoisotopic (exact) mass is 302 g/mol. The fourth-order valence-corrected chi connectivity index (χ4v) is 3.06. The Morgan fingerprint density at radius 1 is 1.05 bits per heavy atom. The molecule has 0 amide bonds. The molecule has 2 aliphatic heterocycles. The number of aryl methyl sites for hydroxylation is 1. The van der Waals surface area contributed by atoms with Crippen molar-refractivity contribution < 1.29 is 9.31 Å². The molecule has 3 rings (SSSR count). The maximum Gasteiger partial charge on any atom is 0.496 e. The van der Waals surface area contributed by atoms with Crippen molar-refractivity contribution in [2.45, 2.75) is 65.1 Å². The summed E-state index contributed by atoms with van der Waals surface area (Å²) in [4.78, 5) is 7.05. The number of piperidine rings is 1. The minimum absolute atomic E-state index is 0.310. The van der Waals surface area contributed by atoms with Crippen LogP contribution in [-0.2, 0) is 9.31 Å². The average molecular weight is 302 g/mol. The van der Waals surface area contributed by atoms with E-state index in [1.807, 2.05) is 6.20 Å². The van der Waals surface area contributed by atoms with Gasteiger partial charge in [0.25, 0.3) is 0 Å². The summed E-state index contributed by atoms with van der Waals surface area (Å²) in [6.07, 6.45) is 5.79. The smallest absolute Gasteiger partial charge is 0.399 e. The number of hydrogen-bond donors (Lipinski definition) is 0. The summed E-state index contributed by atoms with van der Waals surface area (Å²) in [6.45, 7) is 12.7. The van der Waals surface area contributed by atoms with Crippen LogP contribution in [0.4, 0.5) is 5.82 Å². The predicted octanol–water partition coefficient (Wildman–Crippen LogP) is 2.68. The molecule has 2 aliphatic rings. The minimum atomic E-state index is -0.326. The van der Waals surface area contributed by atoms with Gasteiger partial charge in [-0.15, -0.1) is 0 Å². The van der Waals surface area contributed by atoms with E-state index in [2.05, 4.69) is 50.6 Å². The van der Waals surface area contributed by atoms with Gasteiger partial charge in [0, 0.05) is 24.7 Å². The largest absolute Gasteiger partial charge is 0.496 e. The molecule has 0 bridgehead atoms. The molecular formula is C17H27BN2O2. The van der Waals surface area contributed by atoms with Crippen molar-refractivity contribution in [2.75, 3.05) is 18.0 Å². The van der Waals surface area contributed by atoms with Gasteiger partial charge in [-0.05, 0) is 65.5 Å². The zero-order valence-corrected chi connectivity index (χ0v) is 14.5. The Morgan fingerprint density at radius 3 is 2.18 bits per heavy atom. The van der Waals surface area contributed by atoms with Crippen LogP contribution in [0.25, 0.3) is 0 Å². The molecule has 0 aromatic carbocycles. The van der Waals surface area contributed by atoms with Gasteiger partial charge in [0.15, 0.2) is 0 Å². The number of nitrogens with zero attached hydrogens (tertiary/aromatic N) is 2. The van der Waals surface area contributed by atoms with E-state index in [-0.39, 0.29) is 18.3 Å². The molecule has 0 atom stereocenters.